The van der Waals surface area contributed by atoms with Gasteiger partial charge in [-0.3, -0.25) is 4.72 Å². The number of furan rings is 1. The van der Waals surface area contributed by atoms with E-state index in [0.717, 1.165) is 5.69 Å². The quantitative estimate of drug-likeness (QED) is 0.853. The van der Waals surface area contributed by atoms with Gasteiger partial charge < -0.3 is 9.73 Å². The minimum Gasteiger partial charge on any atom is -0.446 e. The Balaban J connectivity index is 1.69. The van der Waals surface area contributed by atoms with Crippen molar-refractivity contribution in [1.29, 1.82) is 0 Å². The third-order valence-corrected chi connectivity index (χ3v) is 5.10. The molecule has 0 atom stereocenters. The van der Waals surface area contributed by atoms with Gasteiger partial charge in [-0.25, -0.2) is 4.98 Å². The van der Waals surface area contributed by atoms with Gasteiger partial charge in [0.05, 0.1) is 12.2 Å². The smallest absolute Gasteiger partial charge is 0.297 e. The molecular formula is C12H15N3O3S2. The van der Waals surface area contributed by atoms with Gasteiger partial charge in [-0.2, -0.15) is 8.42 Å². The fourth-order valence-corrected chi connectivity index (χ4v) is 3.59. The number of hydrogen-bond donors (Lipinski definition) is 2. The fraction of sp³-hybridized carbons (Fsp3) is 0.417. The molecule has 3 rings (SSSR count). The molecule has 2 aromatic heterocycles. The number of aryl methyl sites for hydroxylation is 1. The lowest BCUT2D eigenvalue weighted by molar-refractivity contribution is 0.403. The van der Waals surface area contributed by atoms with Gasteiger partial charge in [0.15, 0.2) is 5.13 Å². The van der Waals surface area contributed by atoms with Gasteiger partial charge in [0.25, 0.3) is 10.0 Å². The molecule has 1 fully saturated rings. The minimum atomic E-state index is -3.70. The number of thiazole rings is 1. The van der Waals surface area contributed by atoms with Gasteiger partial charge in [-0.05, 0) is 31.9 Å². The van der Waals surface area contributed by atoms with Crippen LogP contribution in [0.2, 0.25) is 0 Å². The van der Waals surface area contributed by atoms with Crippen molar-refractivity contribution < 1.29 is 12.8 Å². The highest BCUT2D eigenvalue weighted by atomic mass is 32.2. The molecule has 0 aromatic carbocycles. The minimum absolute atomic E-state index is 0.0852. The fourth-order valence-electron chi connectivity index (χ4n) is 1.70. The number of aromatic nitrogens is 1. The van der Waals surface area contributed by atoms with Crippen molar-refractivity contribution in [2.75, 3.05) is 4.72 Å². The van der Waals surface area contributed by atoms with Crippen molar-refractivity contribution >= 4 is 26.5 Å². The van der Waals surface area contributed by atoms with E-state index in [2.05, 4.69) is 15.0 Å². The predicted octanol–water partition coefficient (Wildman–Crippen LogP) is 2.10. The highest BCUT2D eigenvalue weighted by molar-refractivity contribution is 7.92. The number of nitrogens with zero attached hydrogens (tertiary/aromatic N) is 1. The van der Waals surface area contributed by atoms with Crippen LogP contribution < -0.4 is 10.0 Å². The zero-order valence-electron chi connectivity index (χ0n) is 10.9. The van der Waals surface area contributed by atoms with Crippen molar-refractivity contribution in [2.45, 2.75) is 37.4 Å². The van der Waals surface area contributed by atoms with Gasteiger partial charge in [0.1, 0.15) is 5.76 Å². The van der Waals surface area contributed by atoms with Gasteiger partial charge in [0, 0.05) is 11.4 Å². The van der Waals surface area contributed by atoms with Crippen molar-refractivity contribution in [2.24, 2.45) is 0 Å². The number of nitrogens with one attached hydrogen (secondary N) is 2. The zero-order chi connectivity index (χ0) is 14.2. The topological polar surface area (TPSA) is 84.2 Å². The molecule has 1 aliphatic carbocycles. The highest BCUT2D eigenvalue weighted by Gasteiger charge is 2.23. The number of hydrogen-bond acceptors (Lipinski definition) is 6. The SMILES string of the molecule is Cc1csc(NS(=O)(=O)c2ccc(CNC3CC3)o2)n1. The third kappa shape index (κ3) is 3.20. The molecule has 0 unspecified atom stereocenters. The van der Waals surface area contributed by atoms with Gasteiger partial charge in [0.2, 0.25) is 5.09 Å². The summed E-state index contributed by atoms with van der Waals surface area (Å²) in [6.45, 7) is 2.36. The summed E-state index contributed by atoms with van der Waals surface area (Å²) in [6.07, 6.45) is 2.35. The summed E-state index contributed by atoms with van der Waals surface area (Å²) in [7, 11) is -3.70. The van der Waals surface area contributed by atoms with Crippen molar-refractivity contribution in [3.63, 3.8) is 0 Å². The van der Waals surface area contributed by atoms with E-state index >= 15 is 0 Å². The average molecular weight is 313 g/mol. The molecule has 0 saturated heterocycles. The summed E-state index contributed by atoms with van der Waals surface area (Å²) >= 11 is 1.24. The normalized spacial score (nSPS) is 15.4. The van der Waals surface area contributed by atoms with E-state index in [9.17, 15) is 8.42 Å². The second-order valence-electron chi connectivity index (χ2n) is 4.78. The Kier molecular flexibility index (Phi) is 3.53. The molecule has 1 saturated carbocycles. The van der Waals surface area contributed by atoms with Crippen LogP contribution in [0, 0.1) is 6.92 Å². The maximum atomic E-state index is 12.1. The first-order valence-corrected chi connectivity index (χ1v) is 8.66. The van der Waals surface area contributed by atoms with Crippen molar-refractivity contribution in [3.8, 4) is 0 Å². The molecule has 1 aliphatic rings. The van der Waals surface area contributed by atoms with Crippen LogP contribution in [-0.2, 0) is 16.6 Å². The van der Waals surface area contributed by atoms with Crippen LogP contribution in [-0.4, -0.2) is 19.4 Å². The number of sulfonamides is 1. The summed E-state index contributed by atoms with van der Waals surface area (Å²) in [6, 6.07) is 3.69. The summed E-state index contributed by atoms with van der Waals surface area (Å²) in [4.78, 5) is 4.07. The Morgan fingerprint density at radius 1 is 1.45 bits per heavy atom. The molecular weight excluding hydrogens is 298 g/mol. The molecule has 2 aromatic rings. The Labute approximate surface area is 121 Å². The predicted molar refractivity (Wildman–Crippen MR) is 76.2 cm³/mol. The Morgan fingerprint density at radius 2 is 2.25 bits per heavy atom. The lowest BCUT2D eigenvalue weighted by Gasteiger charge is -2.02. The lowest BCUT2D eigenvalue weighted by atomic mass is 10.4. The van der Waals surface area contributed by atoms with Crippen LogP contribution in [0.4, 0.5) is 5.13 Å². The maximum absolute atomic E-state index is 12.1. The first kappa shape index (κ1) is 13.6. The molecule has 2 heterocycles. The molecule has 6 nitrogen and oxygen atoms in total. The molecule has 0 aliphatic heterocycles. The lowest BCUT2D eigenvalue weighted by Crippen LogP contribution is -2.15. The van der Waals surface area contributed by atoms with Crippen molar-refractivity contribution in [3.05, 3.63) is 29.0 Å². The summed E-state index contributed by atoms with van der Waals surface area (Å²) in [5.74, 6) is 0.618. The monoisotopic (exact) mass is 313 g/mol. The highest BCUT2D eigenvalue weighted by Crippen LogP contribution is 2.22. The first-order valence-electron chi connectivity index (χ1n) is 6.30. The van der Waals surface area contributed by atoms with E-state index in [1.54, 1.807) is 11.4 Å². The Bertz CT molecular complexity index is 701. The van der Waals surface area contributed by atoms with E-state index in [1.165, 1.54) is 30.2 Å². The van der Waals surface area contributed by atoms with E-state index in [0.29, 0.717) is 23.5 Å². The van der Waals surface area contributed by atoms with Crippen molar-refractivity contribution in [1.82, 2.24) is 10.3 Å². The Hall–Kier alpha value is -1.38. The van der Waals surface area contributed by atoms with Crippen LogP contribution in [0.1, 0.15) is 24.3 Å². The van der Waals surface area contributed by atoms with E-state index < -0.39 is 10.0 Å². The molecule has 0 spiro atoms. The van der Waals surface area contributed by atoms with Crippen LogP contribution >= 0.6 is 11.3 Å². The molecule has 0 bridgehead atoms. The largest absolute Gasteiger partial charge is 0.446 e. The maximum Gasteiger partial charge on any atom is 0.297 e. The molecule has 2 N–H and O–H groups in total. The second-order valence-corrected chi connectivity index (χ2v) is 7.25. The van der Waals surface area contributed by atoms with E-state index in [1.807, 2.05) is 6.92 Å². The van der Waals surface area contributed by atoms with Gasteiger partial charge in [-0.15, -0.1) is 11.3 Å². The number of anilines is 1. The zero-order valence-corrected chi connectivity index (χ0v) is 12.6. The van der Waals surface area contributed by atoms with Crippen LogP contribution in [0.15, 0.2) is 27.0 Å². The molecule has 0 amide bonds. The third-order valence-electron chi connectivity index (χ3n) is 2.88. The molecule has 0 radical (unpaired) electrons. The molecule has 20 heavy (non-hydrogen) atoms. The summed E-state index contributed by atoms with van der Waals surface area (Å²) in [5, 5.41) is 5.31. The van der Waals surface area contributed by atoms with E-state index in [4.69, 9.17) is 4.42 Å². The molecule has 8 heteroatoms. The standard InChI is InChI=1S/C12H15N3O3S2/c1-8-7-19-12(14-8)15-20(16,17)11-5-4-10(18-11)6-13-9-2-3-9/h4-5,7,9,13H,2-3,6H2,1H3,(H,14,15). The van der Waals surface area contributed by atoms with E-state index in [-0.39, 0.29) is 5.09 Å². The van der Waals surface area contributed by atoms with Crippen LogP contribution in [0.3, 0.4) is 0 Å². The summed E-state index contributed by atoms with van der Waals surface area (Å²) in [5.41, 5.74) is 0.779. The average Bonchev–Trinajstić information content (AvgIpc) is 2.93. The summed E-state index contributed by atoms with van der Waals surface area (Å²) < 4.78 is 32.0. The number of rotatable bonds is 6. The van der Waals surface area contributed by atoms with Gasteiger partial charge in [-0.1, -0.05) is 0 Å². The second kappa shape index (κ2) is 5.19. The van der Waals surface area contributed by atoms with Gasteiger partial charge >= 0.3 is 0 Å². The molecule has 108 valence electrons. The first-order chi connectivity index (χ1) is 9.53. The van der Waals surface area contributed by atoms with Crippen LogP contribution in [0.25, 0.3) is 0 Å². The Morgan fingerprint density at radius 3 is 2.90 bits per heavy atom. The van der Waals surface area contributed by atoms with Crippen LogP contribution in [0.5, 0.6) is 0 Å².